The van der Waals surface area contributed by atoms with Crippen LogP contribution in [0.3, 0.4) is 0 Å². The largest absolute Gasteiger partial charge is 0.462 e. The van der Waals surface area contributed by atoms with Crippen LogP contribution in [0.5, 0.6) is 0 Å². The van der Waals surface area contributed by atoms with Gasteiger partial charge in [0.05, 0.1) is 6.61 Å². The van der Waals surface area contributed by atoms with E-state index in [4.69, 9.17) is 10.00 Å². The highest BCUT2D eigenvalue weighted by atomic mass is 16.5. The van der Waals surface area contributed by atoms with E-state index in [0.29, 0.717) is 5.57 Å². The smallest absolute Gasteiger partial charge is 0.349 e. The fourth-order valence-electron chi connectivity index (χ4n) is 2.16. The lowest BCUT2D eigenvalue weighted by molar-refractivity contribution is -0.138. The van der Waals surface area contributed by atoms with Crippen LogP contribution in [0.15, 0.2) is 78.9 Å². The first-order valence-electron chi connectivity index (χ1n) is 8.23. The van der Waals surface area contributed by atoms with Gasteiger partial charge in [-0.15, -0.1) is 5.26 Å². The van der Waals surface area contributed by atoms with Crippen LogP contribution in [0, 0.1) is 22.8 Å². The van der Waals surface area contributed by atoms with Crippen LogP contribution in [0.2, 0.25) is 0 Å². The lowest BCUT2D eigenvalue weighted by Crippen LogP contribution is -2.09. The van der Waals surface area contributed by atoms with E-state index in [1.54, 1.807) is 6.92 Å². The number of carbonyl (C=O) groups excluding carboxylic acids is 2. The summed E-state index contributed by atoms with van der Waals surface area (Å²) in [5.41, 5.74) is 2.24. The molecule has 140 valence electrons. The van der Waals surface area contributed by atoms with Crippen molar-refractivity contribution < 1.29 is 19.1 Å². The number of nitriles is 2. The zero-order valence-electron chi connectivity index (χ0n) is 15.3. The van der Waals surface area contributed by atoms with E-state index >= 15 is 0 Å². The van der Waals surface area contributed by atoms with E-state index < -0.39 is 11.9 Å². The van der Waals surface area contributed by atoms with Gasteiger partial charge in [0, 0.05) is 11.6 Å². The Labute approximate surface area is 163 Å². The number of hydrogen-bond donors (Lipinski definition) is 0. The van der Waals surface area contributed by atoms with Gasteiger partial charge in [-0.05, 0) is 18.1 Å². The van der Waals surface area contributed by atoms with Crippen LogP contribution >= 0.6 is 0 Å². The van der Waals surface area contributed by atoms with Crippen molar-refractivity contribution in [3.8, 4) is 12.3 Å². The summed E-state index contributed by atoms with van der Waals surface area (Å²) in [6.07, 6.45) is 2.12. The van der Waals surface area contributed by atoms with Gasteiger partial charge >= 0.3 is 11.9 Å². The molecule has 2 aromatic rings. The third-order valence-electron chi connectivity index (χ3n) is 3.28. The number of rotatable bonds is 5. The molecule has 0 spiro atoms. The molecule has 0 amide bonds. The summed E-state index contributed by atoms with van der Waals surface area (Å²) in [6, 6.07) is 20.8. The SMILES string of the molecule is C=CC(=O)OC#N.CCOC(=O)C(C#N)=C(c1ccccc1)c1ccccc1. The zero-order valence-corrected chi connectivity index (χ0v) is 15.3. The predicted molar refractivity (Wildman–Crippen MR) is 103 cm³/mol. The fraction of sp³-hybridized carbons (Fsp3) is 0.0909. The number of carbonyl (C=O) groups is 2. The quantitative estimate of drug-likeness (QED) is 0.342. The molecular weight excluding hydrogens is 356 g/mol. The second-order valence-electron chi connectivity index (χ2n) is 5.03. The van der Waals surface area contributed by atoms with Crippen molar-refractivity contribution in [3.63, 3.8) is 0 Å². The molecule has 0 N–H and O–H groups in total. The molecule has 0 radical (unpaired) electrons. The highest BCUT2D eigenvalue weighted by molar-refractivity contribution is 6.05. The molecule has 0 saturated heterocycles. The zero-order chi connectivity index (χ0) is 20.8. The van der Waals surface area contributed by atoms with Crippen molar-refractivity contribution in [3.05, 3.63) is 90.0 Å². The molecule has 0 saturated carbocycles. The van der Waals surface area contributed by atoms with Crippen LogP contribution in [-0.4, -0.2) is 18.5 Å². The maximum atomic E-state index is 12.1. The minimum atomic E-state index is -0.720. The van der Waals surface area contributed by atoms with Gasteiger partial charge in [-0.1, -0.05) is 67.2 Å². The van der Waals surface area contributed by atoms with E-state index in [2.05, 4.69) is 11.3 Å². The Morgan fingerprint density at radius 2 is 1.50 bits per heavy atom. The highest BCUT2D eigenvalue weighted by Gasteiger charge is 2.19. The molecule has 0 aromatic heterocycles. The first kappa shape index (κ1) is 21.9. The number of benzene rings is 2. The van der Waals surface area contributed by atoms with Crippen molar-refractivity contribution in [2.75, 3.05) is 6.61 Å². The van der Waals surface area contributed by atoms with Gasteiger partial charge in [0.2, 0.25) is 0 Å². The van der Waals surface area contributed by atoms with Gasteiger partial charge in [0.25, 0.3) is 6.26 Å². The molecule has 0 heterocycles. The van der Waals surface area contributed by atoms with Gasteiger partial charge in [-0.2, -0.15) is 5.26 Å². The fourth-order valence-corrected chi connectivity index (χ4v) is 2.16. The molecule has 6 nitrogen and oxygen atoms in total. The third kappa shape index (κ3) is 6.62. The second kappa shape index (κ2) is 12.2. The molecule has 0 aliphatic heterocycles. The van der Waals surface area contributed by atoms with Crippen molar-refractivity contribution in [2.45, 2.75) is 6.92 Å². The van der Waals surface area contributed by atoms with E-state index in [0.717, 1.165) is 17.2 Å². The maximum absolute atomic E-state index is 12.1. The van der Waals surface area contributed by atoms with Gasteiger partial charge in [0.1, 0.15) is 11.6 Å². The summed E-state index contributed by atoms with van der Waals surface area (Å²) in [6.45, 7) is 5.01. The Kier molecular flexibility index (Phi) is 9.56. The standard InChI is InChI=1S/C18H15NO2.C4H3NO2/c1-2-21-18(20)16(13-19)17(14-9-5-3-6-10-14)15-11-7-4-8-12-15;1-2-4(6)7-3-5/h3-12H,2H2,1H3;2H,1H2. The van der Waals surface area contributed by atoms with Crippen LogP contribution in [0.1, 0.15) is 18.1 Å². The van der Waals surface area contributed by atoms with Crippen LogP contribution in [-0.2, 0) is 19.1 Å². The molecule has 2 aromatic carbocycles. The van der Waals surface area contributed by atoms with Crippen molar-refractivity contribution in [1.29, 1.82) is 10.5 Å². The Morgan fingerprint density at radius 3 is 1.82 bits per heavy atom. The summed E-state index contributed by atoms with van der Waals surface area (Å²) >= 11 is 0. The molecule has 2 rings (SSSR count). The summed E-state index contributed by atoms with van der Waals surface area (Å²) in [4.78, 5) is 21.9. The summed E-state index contributed by atoms with van der Waals surface area (Å²) < 4.78 is 8.74. The van der Waals surface area contributed by atoms with Gasteiger partial charge in [-0.25, -0.2) is 9.59 Å². The molecular formula is C22H18N2O4. The average molecular weight is 374 g/mol. The predicted octanol–water partition coefficient (Wildman–Crippen LogP) is 3.77. The molecule has 0 unspecified atom stereocenters. The molecule has 0 aliphatic rings. The molecule has 0 fully saturated rings. The van der Waals surface area contributed by atoms with Crippen molar-refractivity contribution in [1.82, 2.24) is 0 Å². The lowest BCUT2D eigenvalue weighted by Gasteiger charge is -2.11. The van der Waals surface area contributed by atoms with E-state index in [1.165, 1.54) is 6.26 Å². The van der Waals surface area contributed by atoms with Crippen molar-refractivity contribution >= 4 is 17.5 Å². The van der Waals surface area contributed by atoms with E-state index in [1.807, 2.05) is 66.7 Å². The minimum Gasteiger partial charge on any atom is -0.462 e. The maximum Gasteiger partial charge on any atom is 0.349 e. The molecule has 0 aliphatic carbocycles. The van der Waals surface area contributed by atoms with E-state index in [-0.39, 0.29) is 12.2 Å². The van der Waals surface area contributed by atoms with Crippen molar-refractivity contribution in [2.24, 2.45) is 0 Å². The normalized spacial score (nSPS) is 8.68. The Hall–Kier alpha value is -4.16. The average Bonchev–Trinajstić information content (AvgIpc) is 2.74. The minimum absolute atomic E-state index is 0.0225. The summed E-state index contributed by atoms with van der Waals surface area (Å²) in [5.74, 6) is -1.31. The number of ether oxygens (including phenoxy) is 2. The van der Waals surface area contributed by atoms with Gasteiger partial charge in [-0.3, -0.25) is 0 Å². The number of esters is 2. The summed E-state index contributed by atoms with van der Waals surface area (Å²) in [5, 5.41) is 17.0. The van der Waals surface area contributed by atoms with Crippen LogP contribution in [0.25, 0.3) is 5.57 Å². The van der Waals surface area contributed by atoms with Crippen LogP contribution < -0.4 is 0 Å². The molecule has 6 heteroatoms. The first-order valence-corrected chi connectivity index (χ1v) is 8.23. The lowest BCUT2D eigenvalue weighted by atomic mass is 9.93. The number of nitrogens with zero attached hydrogens (tertiary/aromatic N) is 2. The molecule has 28 heavy (non-hydrogen) atoms. The molecule has 0 atom stereocenters. The number of hydrogen-bond acceptors (Lipinski definition) is 6. The van der Waals surface area contributed by atoms with Crippen LogP contribution in [0.4, 0.5) is 0 Å². The molecule has 0 bridgehead atoms. The van der Waals surface area contributed by atoms with Gasteiger partial charge < -0.3 is 9.47 Å². The Balaban J connectivity index is 0.000000480. The highest BCUT2D eigenvalue weighted by Crippen LogP contribution is 2.27. The Bertz CT molecular complexity index is 879. The topological polar surface area (TPSA) is 100 Å². The summed E-state index contributed by atoms with van der Waals surface area (Å²) in [7, 11) is 0. The Morgan fingerprint density at radius 1 is 1.00 bits per heavy atom. The van der Waals surface area contributed by atoms with E-state index in [9.17, 15) is 14.9 Å². The monoisotopic (exact) mass is 374 g/mol. The third-order valence-corrected chi connectivity index (χ3v) is 3.28. The first-order chi connectivity index (χ1) is 13.6. The second-order valence-corrected chi connectivity index (χ2v) is 5.03. The van der Waals surface area contributed by atoms with Gasteiger partial charge in [0.15, 0.2) is 0 Å².